The fourth-order valence-electron chi connectivity index (χ4n) is 7.54. The number of anilines is 9. The van der Waals surface area contributed by atoms with E-state index in [4.69, 9.17) is 0 Å². The van der Waals surface area contributed by atoms with Crippen LogP contribution in [0.1, 0.15) is 12.5 Å². The molecule has 4 heteroatoms. The average molecular weight is 617 g/mol. The molecule has 0 amide bonds. The van der Waals surface area contributed by atoms with Crippen molar-refractivity contribution in [3.8, 4) is 0 Å². The van der Waals surface area contributed by atoms with Crippen LogP contribution in [0.25, 0.3) is 0 Å². The highest BCUT2D eigenvalue weighted by Crippen LogP contribution is 2.45. The fraction of sp³-hybridized carbons (Fsp3) is 0.0455. The molecule has 0 radical (unpaired) electrons. The molecular weight excluding hydrogens is 581 g/mol. The zero-order chi connectivity index (χ0) is 33.1. The van der Waals surface area contributed by atoms with Crippen LogP contribution in [-0.2, 0) is 0 Å². The van der Waals surface area contributed by atoms with Crippen LogP contribution in [0.2, 0.25) is 0 Å². The number of nitrogens with zero attached hydrogens (tertiary/aromatic N) is 3. The Morgan fingerprint density at radius 3 is 1.67 bits per heavy atom. The van der Waals surface area contributed by atoms with Gasteiger partial charge in [0.15, 0.2) is 0 Å². The van der Waals surface area contributed by atoms with Crippen molar-refractivity contribution < 1.29 is 1.37 Å². The summed E-state index contributed by atoms with van der Waals surface area (Å²) in [6.07, 6.45) is 0. The molecule has 228 valence electrons. The highest BCUT2D eigenvalue weighted by Gasteiger charge is 2.43. The maximum absolute atomic E-state index is 9.18. The molecule has 7 aromatic rings. The van der Waals surface area contributed by atoms with Gasteiger partial charge in [-0.15, -0.1) is 0 Å². The lowest BCUT2D eigenvalue weighted by Gasteiger charge is -2.44. The molecule has 0 spiro atoms. The Labute approximate surface area is 284 Å². The first-order chi connectivity index (χ1) is 24.0. The summed E-state index contributed by atoms with van der Waals surface area (Å²) in [6.45, 7) is 4.30. The topological polar surface area (TPSA) is 9.72 Å². The van der Waals surface area contributed by atoms with Crippen molar-refractivity contribution in [2.24, 2.45) is 0 Å². The first kappa shape index (κ1) is 27.1. The summed E-state index contributed by atoms with van der Waals surface area (Å²) in [5.74, 6) is 0. The fourth-order valence-corrected chi connectivity index (χ4v) is 7.54. The maximum Gasteiger partial charge on any atom is 0.252 e. The van der Waals surface area contributed by atoms with Gasteiger partial charge >= 0.3 is 0 Å². The molecule has 48 heavy (non-hydrogen) atoms. The van der Waals surface area contributed by atoms with E-state index < -0.39 is 0 Å². The largest absolute Gasteiger partial charge is 0.311 e. The van der Waals surface area contributed by atoms with Crippen molar-refractivity contribution in [2.45, 2.75) is 13.8 Å². The smallest absolute Gasteiger partial charge is 0.252 e. The van der Waals surface area contributed by atoms with Gasteiger partial charge < -0.3 is 14.7 Å². The van der Waals surface area contributed by atoms with E-state index in [1.165, 1.54) is 27.5 Å². The molecule has 2 heterocycles. The zero-order valence-corrected chi connectivity index (χ0v) is 27.0. The van der Waals surface area contributed by atoms with Gasteiger partial charge in [0.05, 0.1) is 1.37 Å². The van der Waals surface area contributed by atoms with E-state index in [0.717, 1.165) is 51.2 Å². The Morgan fingerprint density at radius 2 is 1.02 bits per heavy atom. The molecule has 3 nitrogen and oxygen atoms in total. The quantitative estimate of drug-likeness (QED) is 0.178. The van der Waals surface area contributed by atoms with Crippen LogP contribution >= 0.6 is 0 Å². The van der Waals surface area contributed by atoms with Crippen LogP contribution in [0.5, 0.6) is 0 Å². The summed E-state index contributed by atoms with van der Waals surface area (Å²) in [6, 6.07) is 58.8. The number of aryl methyl sites for hydroxylation is 2. The molecule has 0 unspecified atom stereocenters. The highest BCUT2D eigenvalue weighted by molar-refractivity contribution is 7.00. The second-order valence-electron chi connectivity index (χ2n) is 12.7. The van der Waals surface area contributed by atoms with Crippen LogP contribution < -0.4 is 31.1 Å². The Bertz CT molecular complexity index is 2290. The Morgan fingerprint density at radius 1 is 0.458 bits per heavy atom. The SMILES string of the molecule is [2H]c1cc2c3c(c1)N(c1ccccc1)c1cc(N(c4ccccc4)c4ccccc4)ccc1B3c1cc(C)ccc1N2c1ccc(C)cc1. The van der Waals surface area contributed by atoms with E-state index in [0.29, 0.717) is 6.04 Å². The summed E-state index contributed by atoms with van der Waals surface area (Å²) < 4.78 is 9.18. The predicted octanol–water partition coefficient (Wildman–Crippen LogP) is 9.86. The van der Waals surface area contributed by atoms with E-state index in [1.807, 2.05) is 6.07 Å². The Balaban J connectivity index is 1.34. The number of hydrogen-bond acceptors (Lipinski definition) is 3. The summed E-state index contributed by atoms with van der Waals surface area (Å²) in [7, 11) is 0. The molecule has 2 aliphatic heterocycles. The van der Waals surface area contributed by atoms with Crippen LogP contribution in [0.3, 0.4) is 0 Å². The Hall–Kier alpha value is -6.00. The molecule has 0 N–H and O–H groups in total. The van der Waals surface area contributed by atoms with Gasteiger partial charge in [-0.3, -0.25) is 0 Å². The molecule has 0 fully saturated rings. The number of fused-ring (bicyclic) bond motifs is 4. The third-order valence-electron chi connectivity index (χ3n) is 9.66. The highest BCUT2D eigenvalue weighted by atomic mass is 15.2. The standard InChI is InChI=1S/C44H34BN3/c1-31-21-24-36(25-22-31)47-40-28-23-32(2)29-39(40)45-38-27-26-37(46(33-13-6-3-7-14-33)34-15-8-4-9-16-34)30-43(38)48(35-17-10-5-11-18-35)42-20-12-19-41(47)44(42)45/h3-30H,1-2H3/i12D. The van der Waals surface area contributed by atoms with E-state index in [-0.39, 0.29) is 6.71 Å². The molecule has 7 aromatic carbocycles. The van der Waals surface area contributed by atoms with Gasteiger partial charge in [0.25, 0.3) is 6.71 Å². The van der Waals surface area contributed by atoms with Crippen molar-refractivity contribution in [2.75, 3.05) is 14.7 Å². The van der Waals surface area contributed by atoms with E-state index in [2.05, 4.69) is 186 Å². The van der Waals surface area contributed by atoms with Gasteiger partial charge in [-0.2, -0.15) is 0 Å². The van der Waals surface area contributed by atoms with Crippen LogP contribution in [0, 0.1) is 13.8 Å². The van der Waals surface area contributed by atoms with Crippen molar-refractivity contribution in [1.82, 2.24) is 0 Å². The number of hydrogen-bond donors (Lipinski definition) is 0. The third-order valence-corrected chi connectivity index (χ3v) is 9.66. The molecule has 0 aliphatic carbocycles. The van der Waals surface area contributed by atoms with Crippen molar-refractivity contribution in [3.05, 3.63) is 181 Å². The first-order valence-electron chi connectivity index (χ1n) is 17.1. The van der Waals surface area contributed by atoms with Crippen molar-refractivity contribution in [1.29, 1.82) is 0 Å². The minimum absolute atomic E-state index is 0.00638. The second kappa shape index (κ2) is 11.4. The Kier molecular flexibility index (Phi) is 6.43. The molecule has 0 atom stereocenters. The van der Waals surface area contributed by atoms with Crippen molar-refractivity contribution in [3.63, 3.8) is 0 Å². The van der Waals surface area contributed by atoms with E-state index in [9.17, 15) is 1.37 Å². The summed E-state index contributed by atoms with van der Waals surface area (Å²) in [5.41, 5.74) is 16.0. The molecule has 0 saturated heterocycles. The predicted molar refractivity (Wildman–Crippen MR) is 205 cm³/mol. The zero-order valence-electron chi connectivity index (χ0n) is 28.0. The van der Waals surface area contributed by atoms with Crippen LogP contribution in [0.15, 0.2) is 170 Å². The van der Waals surface area contributed by atoms with Crippen LogP contribution in [-0.4, -0.2) is 6.71 Å². The molecule has 0 saturated carbocycles. The summed E-state index contributed by atoms with van der Waals surface area (Å²) in [5, 5.41) is 0. The first-order valence-corrected chi connectivity index (χ1v) is 16.6. The molecular formula is C44H34BN3. The van der Waals surface area contributed by atoms with E-state index >= 15 is 0 Å². The van der Waals surface area contributed by atoms with Gasteiger partial charge in [-0.05, 0) is 109 Å². The lowest BCUT2D eigenvalue weighted by molar-refractivity contribution is 1.23. The van der Waals surface area contributed by atoms with Gasteiger partial charge in [0.2, 0.25) is 0 Å². The van der Waals surface area contributed by atoms with Gasteiger partial charge in [0.1, 0.15) is 0 Å². The van der Waals surface area contributed by atoms with Crippen molar-refractivity contribution >= 4 is 74.3 Å². The summed E-state index contributed by atoms with van der Waals surface area (Å²) in [4.78, 5) is 7.05. The molecule has 2 aliphatic rings. The van der Waals surface area contributed by atoms with E-state index in [1.54, 1.807) is 0 Å². The monoisotopic (exact) mass is 616 g/mol. The second-order valence-corrected chi connectivity index (χ2v) is 12.7. The third kappa shape index (κ3) is 4.52. The van der Waals surface area contributed by atoms with Gasteiger partial charge in [0, 0.05) is 51.2 Å². The summed E-state index contributed by atoms with van der Waals surface area (Å²) >= 11 is 0. The number of rotatable bonds is 5. The lowest BCUT2D eigenvalue weighted by Crippen LogP contribution is -2.61. The van der Waals surface area contributed by atoms with Gasteiger partial charge in [-0.25, -0.2) is 0 Å². The normalized spacial score (nSPS) is 13.0. The lowest BCUT2D eigenvalue weighted by atomic mass is 9.33. The average Bonchev–Trinajstić information content (AvgIpc) is 3.13. The number of benzene rings is 7. The molecule has 9 rings (SSSR count). The minimum Gasteiger partial charge on any atom is -0.311 e. The minimum atomic E-state index is -0.00638. The number of para-hydroxylation sites is 3. The molecule has 0 bridgehead atoms. The van der Waals surface area contributed by atoms with Gasteiger partial charge in [-0.1, -0.05) is 102 Å². The maximum atomic E-state index is 9.18. The molecule has 0 aromatic heterocycles. The van der Waals surface area contributed by atoms with Crippen LogP contribution in [0.4, 0.5) is 51.2 Å².